The van der Waals surface area contributed by atoms with E-state index in [0.717, 1.165) is 28.5 Å². The third-order valence-corrected chi connectivity index (χ3v) is 5.70. The lowest BCUT2D eigenvalue weighted by Gasteiger charge is -2.06. The predicted octanol–water partition coefficient (Wildman–Crippen LogP) is 4.16. The Kier molecular flexibility index (Phi) is 6.65. The van der Waals surface area contributed by atoms with Crippen molar-refractivity contribution in [1.29, 1.82) is 0 Å². The highest BCUT2D eigenvalue weighted by Crippen LogP contribution is 2.26. The van der Waals surface area contributed by atoms with Crippen molar-refractivity contribution in [2.75, 3.05) is 5.32 Å². The summed E-state index contributed by atoms with van der Waals surface area (Å²) in [5.74, 6) is -0.700. The van der Waals surface area contributed by atoms with Gasteiger partial charge in [0, 0.05) is 10.6 Å². The minimum absolute atomic E-state index is 0.230. The first-order valence-electron chi connectivity index (χ1n) is 10.3. The molecule has 0 saturated heterocycles. The maximum atomic E-state index is 13.4. The Morgan fingerprint density at radius 2 is 1.91 bits per heavy atom. The van der Waals surface area contributed by atoms with Crippen LogP contribution in [0.1, 0.15) is 25.3 Å². The van der Waals surface area contributed by atoms with Crippen molar-refractivity contribution in [1.82, 2.24) is 19.4 Å². The number of fused-ring (bicyclic) bond motifs is 1. The van der Waals surface area contributed by atoms with Gasteiger partial charge in [0.05, 0.1) is 0 Å². The Bertz CT molecular complexity index is 1300. The maximum Gasteiger partial charge on any atom is 0.367 e. The van der Waals surface area contributed by atoms with E-state index in [1.54, 1.807) is 24.3 Å². The molecule has 1 amide bonds. The molecule has 0 aliphatic carbocycles. The van der Waals surface area contributed by atoms with Crippen LogP contribution < -0.4 is 11.0 Å². The second-order valence-electron chi connectivity index (χ2n) is 7.29. The molecular formula is C23H22FN5O2S. The van der Waals surface area contributed by atoms with Crippen LogP contribution in [0.2, 0.25) is 0 Å². The quantitative estimate of drug-likeness (QED) is 0.435. The topological polar surface area (TPSA) is 81.3 Å². The van der Waals surface area contributed by atoms with Gasteiger partial charge in [-0.25, -0.2) is 13.9 Å². The zero-order valence-electron chi connectivity index (χ0n) is 17.5. The highest BCUT2D eigenvalue weighted by molar-refractivity contribution is 7.99. The molecule has 0 unspecified atom stereocenters. The fourth-order valence-electron chi connectivity index (χ4n) is 3.17. The lowest BCUT2D eigenvalue weighted by atomic mass is 10.1. The number of anilines is 1. The predicted molar refractivity (Wildman–Crippen MR) is 121 cm³/mol. The van der Waals surface area contributed by atoms with Crippen LogP contribution in [0.4, 0.5) is 10.1 Å². The maximum absolute atomic E-state index is 13.4. The van der Waals surface area contributed by atoms with Crippen molar-refractivity contribution >= 4 is 29.0 Å². The Morgan fingerprint density at radius 1 is 1.09 bits per heavy atom. The molecular weight excluding hydrogens is 429 g/mol. The van der Waals surface area contributed by atoms with Gasteiger partial charge in [-0.1, -0.05) is 43.3 Å². The zero-order chi connectivity index (χ0) is 22.5. The van der Waals surface area contributed by atoms with Crippen LogP contribution in [0.15, 0.2) is 75.4 Å². The number of halogens is 1. The summed E-state index contributed by atoms with van der Waals surface area (Å²) in [6.07, 6.45) is 3.26. The van der Waals surface area contributed by atoms with E-state index in [1.165, 1.54) is 29.5 Å². The number of hydrogen-bond donors (Lipinski definition) is 1. The molecule has 32 heavy (non-hydrogen) atoms. The minimum Gasteiger partial charge on any atom is -0.324 e. The number of rotatable bonds is 8. The van der Waals surface area contributed by atoms with Crippen LogP contribution >= 0.6 is 11.8 Å². The van der Waals surface area contributed by atoms with E-state index in [4.69, 9.17) is 0 Å². The van der Waals surface area contributed by atoms with Crippen molar-refractivity contribution in [3.63, 3.8) is 0 Å². The second kappa shape index (κ2) is 9.78. The van der Waals surface area contributed by atoms with E-state index in [9.17, 15) is 14.0 Å². The average molecular weight is 452 g/mol. The van der Waals surface area contributed by atoms with Gasteiger partial charge in [-0.3, -0.25) is 4.79 Å². The molecule has 2 aromatic carbocycles. The van der Waals surface area contributed by atoms with Crippen molar-refractivity contribution in [3.8, 4) is 0 Å². The molecule has 1 N–H and O–H groups in total. The molecule has 0 aliphatic heterocycles. The molecule has 0 bridgehead atoms. The fraction of sp³-hybridized carbons (Fsp3) is 0.217. The van der Waals surface area contributed by atoms with Gasteiger partial charge in [-0.2, -0.15) is 9.61 Å². The van der Waals surface area contributed by atoms with Gasteiger partial charge in [0.15, 0.2) is 5.65 Å². The van der Waals surface area contributed by atoms with Gasteiger partial charge >= 0.3 is 5.69 Å². The number of amides is 1. The Morgan fingerprint density at radius 3 is 2.66 bits per heavy atom. The van der Waals surface area contributed by atoms with Crippen LogP contribution in [0, 0.1) is 5.82 Å². The molecule has 0 fully saturated rings. The largest absolute Gasteiger partial charge is 0.367 e. The molecule has 0 atom stereocenters. The summed E-state index contributed by atoms with van der Waals surface area (Å²) in [6.45, 7) is 1.92. The Balaban J connectivity index is 1.45. The number of nitrogens with one attached hydrogen (secondary N) is 1. The molecule has 7 nitrogen and oxygen atoms in total. The summed E-state index contributed by atoms with van der Waals surface area (Å²) in [7, 11) is 0. The number of hydrogen-bond acceptors (Lipinski definition) is 5. The van der Waals surface area contributed by atoms with Gasteiger partial charge in [0.1, 0.15) is 17.4 Å². The summed E-state index contributed by atoms with van der Waals surface area (Å²) in [6, 6.07) is 17.1. The lowest BCUT2D eigenvalue weighted by molar-refractivity contribution is -0.117. The zero-order valence-corrected chi connectivity index (χ0v) is 18.3. The first kappa shape index (κ1) is 21.8. The molecule has 0 aliphatic rings. The highest BCUT2D eigenvalue weighted by Gasteiger charge is 2.13. The Hall–Kier alpha value is -3.46. The van der Waals surface area contributed by atoms with Gasteiger partial charge < -0.3 is 5.32 Å². The van der Waals surface area contributed by atoms with Crippen LogP contribution in [0.5, 0.6) is 0 Å². The number of aryl methyl sites for hydroxylation is 1. The number of benzene rings is 2. The van der Waals surface area contributed by atoms with Crippen LogP contribution in [-0.4, -0.2) is 25.3 Å². The van der Waals surface area contributed by atoms with Crippen LogP contribution in [-0.2, 0) is 17.8 Å². The first-order valence-corrected chi connectivity index (χ1v) is 11.1. The number of unbranched alkanes of at least 4 members (excludes halogenated alkanes) is 1. The molecule has 2 heterocycles. The third-order valence-electron chi connectivity index (χ3n) is 4.78. The van der Waals surface area contributed by atoms with E-state index < -0.39 is 5.69 Å². The summed E-state index contributed by atoms with van der Waals surface area (Å²) in [4.78, 5) is 25.8. The number of aromatic nitrogens is 4. The number of carbonyl (C=O) groups excluding carboxylic acids is 1. The van der Waals surface area contributed by atoms with E-state index in [2.05, 4.69) is 22.4 Å². The van der Waals surface area contributed by atoms with E-state index >= 15 is 0 Å². The van der Waals surface area contributed by atoms with E-state index in [-0.39, 0.29) is 18.3 Å². The van der Waals surface area contributed by atoms with Crippen LogP contribution in [0.3, 0.4) is 0 Å². The standard InChI is InChI=1S/C23H22FN5O2S/c1-2-3-5-16-8-10-18(11-9-16)25-21(30)15-28-23(31)29-20(26-28)12-13-22(27-29)32-19-7-4-6-17(24)14-19/h4,6-14H,2-3,5,15H2,1H3,(H,25,30). The molecule has 0 spiro atoms. The Labute approximate surface area is 188 Å². The third kappa shape index (κ3) is 5.23. The van der Waals surface area contributed by atoms with Crippen molar-refractivity contribution < 1.29 is 9.18 Å². The molecule has 2 aromatic heterocycles. The van der Waals surface area contributed by atoms with Crippen molar-refractivity contribution in [2.45, 2.75) is 42.7 Å². The monoisotopic (exact) mass is 451 g/mol. The molecule has 0 saturated carbocycles. The SMILES string of the molecule is CCCCc1ccc(NC(=O)Cn2nc3ccc(Sc4cccc(F)c4)nn3c2=O)cc1. The lowest BCUT2D eigenvalue weighted by Crippen LogP contribution is -2.28. The van der Waals surface area contributed by atoms with Crippen LogP contribution in [0.25, 0.3) is 5.65 Å². The summed E-state index contributed by atoms with van der Waals surface area (Å²) < 4.78 is 15.6. The highest BCUT2D eigenvalue weighted by atomic mass is 32.2. The van der Waals surface area contributed by atoms with Crippen molar-refractivity contribution in [3.05, 3.63) is 82.5 Å². The van der Waals surface area contributed by atoms with Gasteiger partial charge in [-0.15, -0.1) is 5.10 Å². The fourth-order valence-corrected chi connectivity index (χ4v) is 3.99. The number of nitrogens with zero attached hydrogens (tertiary/aromatic N) is 4. The summed E-state index contributed by atoms with van der Waals surface area (Å²) in [5, 5.41) is 11.8. The normalized spacial score (nSPS) is 11.1. The van der Waals surface area contributed by atoms with E-state index in [1.807, 2.05) is 24.3 Å². The smallest absolute Gasteiger partial charge is 0.324 e. The summed E-state index contributed by atoms with van der Waals surface area (Å²) >= 11 is 1.23. The van der Waals surface area contributed by atoms with Gasteiger partial charge in [-0.05, 0) is 60.9 Å². The molecule has 4 aromatic rings. The minimum atomic E-state index is -0.522. The second-order valence-corrected chi connectivity index (χ2v) is 8.38. The molecule has 0 radical (unpaired) electrons. The van der Waals surface area contributed by atoms with E-state index in [0.29, 0.717) is 21.3 Å². The first-order chi connectivity index (χ1) is 15.5. The average Bonchev–Trinajstić information content (AvgIpc) is 3.08. The number of carbonyl (C=O) groups is 1. The van der Waals surface area contributed by atoms with Gasteiger partial charge in [0.25, 0.3) is 0 Å². The molecule has 164 valence electrons. The van der Waals surface area contributed by atoms with Gasteiger partial charge in [0.2, 0.25) is 5.91 Å². The molecule has 4 rings (SSSR count). The summed E-state index contributed by atoms with van der Waals surface area (Å²) in [5.41, 5.74) is 1.69. The van der Waals surface area contributed by atoms with Crippen molar-refractivity contribution in [2.24, 2.45) is 0 Å². The molecule has 9 heteroatoms.